The Bertz CT molecular complexity index is 309. The topological polar surface area (TPSA) is 40.5 Å². The molecule has 1 aromatic rings. The Balaban J connectivity index is 2.70. The van der Waals surface area contributed by atoms with Gasteiger partial charge in [-0.1, -0.05) is 12.1 Å². The molecule has 0 radical (unpaired) electrons. The first-order valence-corrected chi connectivity index (χ1v) is 3.92. The summed E-state index contributed by atoms with van der Waals surface area (Å²) in [5.41, 5.74) is 0.245. The molecule has 0 heterocycles. The van der Waals surface area contributed by atoms with Crippen molar-refractivity contribution < 1.29 is 23.4 Å². The molecule has 0 aromatic heterocycles. The highest BCUT2D eigenvalue weighted by Crippen LogP contribution is 2.23. The highest BCUT2D eigenvalue weighted by Gasteiger charge is 2.37. The smallest absolute Gasteiger partial charge is 0.414 e. The molecule has 2 nitrogen and oxygen atoms in total. The summed E-state index contributed by atoms with van der Waals surface area (Å²) in [5, 5.41) is 17.7. The fraction of sp³-hybridized carbons (Fsp3) is 0.333. The highest BCUT2D eigenvalue weighted by atomic mass is 19.4. The van der Waals surface area contributed by atoms with Crippen LogP contribution >= 0.6 is 0 Å². The molecule has 0 aliphatic heterocycles. The SMILES string of the molecule is Oc1cccc(CC(O)C(F)(F)F)c1. The van der Waals surface area contributed by atoms with Gasteiger partial charge in [0.1, 0.15) is 5.75 Å². The second kappa shape index (κ2) is 3.88. The highest BCUT2D eigenvalue weighted by molar-refractivity contribution is 5.27. The molecule has 0 saturated heterocycles. The Kier molecular flexibility index (Phi) is 3.00. The molecular formula is C9H9F3O2. The molecule has 0 bridgehead atoms. The third-order valence-corrected chi connectivity index (χ3v) is 1.72. The first kappa shape index (κ1) is 10.8. The third kappa shape index (κ3) is 2.92. The number of aromatic hydroxyl groups is 1. The molecule has 0 aliphatic rings. The normalized spacial score (nSPS) is 14.0. The maximum absolute atomic E-state index is 11.9. The average molecular weight is 206 g/mol. The monoisotopic (exact) mass is 206 g/mol. The number of aliphatic hydroxyl groups is 1. The van der Waals surface area contributed by atoms with E-state index in [1.165, 1.54) is 24.3 Å². The van der Waals surface area contributed by atoms with Crippen molar-refractivity contribution in [1.29, 1.82) is 0 Å². The molecule has 0 spiro atoms. The van der Waals surface area contributed by atoms with E-state index in [1.54, 1.807) is 0 Å². The molecule has 1 aromatic carbocycles. The molecule has 1 atom stereocenters. The van der Waals surface area contributed by atoms with E-state index in [9.17, 15) is 13.2 Å². The number of aliphatic hydroxyl groups excluding tert-OH is 1. The predicted molar refractivity (Wildman–Crippen MR) is 43.9 cm³/mol. The molecule has 0 saturated carbocycles. The first-order valence-electron chi connectivity index (χ1n) is 3.92. The van der Waals surface area contributed by atoms with Crippen LogP contribution in [0.4, 0.5) is 13.2 Å². The van der Waals surface area contributed by atoms with Crippen molar-refractivity contribution in [1.82, 2.24) is 0 Å². The zero-order chi connectivity index (χ0) is 10.8. The summed E-state index contributed by atoms with van der Waals surface area (Å²) in [6.45, 7) is 0. The molecule has 2 N–H and O–H groups in total. The van der Waals surface area contributed by atoms with Crippen molar-refractivity contribution in [3.63, 3.8) is 0 Å². The van der Waals surface area contributed by atoms with E-state index < -0.39 is 18.7 Å². The van der Waals surface area contributed by atoms with Gasteiger partial charge in [0.05, 0.1) is 0 Å². The molecule has 14 heavy (non-hydrogen) atoms. The van der Waals surface area contributed by atoms with Gasteiger partial charge in [-0.25, -0.2) is 0 Å². The summed E-state index contributed by atoms with van der Waals surface area (Å²) >= 11 is 0. The lowest BCUT2D eigenvalue weighted by Crippen LogP contribution is -2.30. The second-order valence-electron chi connectivity index (χ2n) is 2.93. The summed E-state index contributed by atoms with van der Waals surface area (Å²) in [7, 11) is 0. The van der Waals surface area contributed by atoms with E-state index in [-0.39, 0.29) is 11.3 Å². The lowest BCUT2D eigenvalue weighted by Gasteiger charge is -2.14. The Labute approximate surface area is 78.6 Å². The van der Waals surface area contributed by atoms with Gasteiger partial charge in [0.15, 0.2) is 6.10 Å². The summed E-state index contributed by atoms with van der Waals surface area (Å²) < 4.78 is 35.8. The van der Waals surface area contributed by atoms with Crippen molar-refractivity contribution in [3.05, 3.63) is 29.8 Å². The van der Waals surface area contributed by atoms with Crippen LogP contribution < -0.4 is 0 Å². The number of alkyl halides is 3. The van der Waals surface area contributed by atoms with E-state index in [4.69, 9.17) is 10.2 Å². The van der Waals surface area contributed by atoms with Crippen molar-refractivity contribution in [2.24, 2.45) is 0 Å². The Morgan fingerprint density at radius 1 is 1.29 bits per heavy atom. The van der Waals surface area contributed by atoms with Crippen LogP contribution in [0.3, 0.4) is 0 Å². The Hall–Kier alpha value is -1.23. The van der Waals surface area contributed by atoms with Crippen LogP contribution in [0.25, 0.3) is 0 Å². The fourth-order valence-corrected chi connectivity index (χ4v) is 1.02. The van der Waals surface area contributed by atoms with Crippen LogP contribution in [0.2, 0.25) is 0 Å². The van der Waals surface area contributed by atoms with Crippen molar-refractivity contribution in [3.8, 4) is 5.75 Å². The number of hydrogen-bond acceptors (Lipinski definition) is 2. The molecule has 0 aliphatic carbocycles. The standard InChI is InChI=1S/C9H9F3O2/c10-9(11,12)8(14)5-6-2-1-3-7(13)4-6/h1-4,8,13-14H,5H2. The van der Waals surface area contributed by atoms with E-state index in [1.807, 2.05) is 0 Å². The van der Waals surface area contributed by atoms with Gasteiger partial charge < -0.3 is 10.2 Å². The van der Waals surface area contributed by atoms with Crippen LogP contribution in [0, 0.1) is 0 Å². The second-order valence-corrected chi connectivity index (χ2v) is 2.93. The van der Waals surface area contributed by atoms with Gasteiger partial charge in [-0.05, 0) is 17.7 Å². The zero-order valence-electron chi connectivity index (χ0n) is 7.12. The minimum absolute atomic E-state index is 0.114. The van der Waals surface area contributed by atoms with Gasteiger partial charge in [-0.2, -0.15) is 13.2 Å². The first-order chi connectivity index (χ1) is 6.39. The minimum atomic E-state index is -4.62. The molecule has 78 valence electrons. The van der Waals surface area contributed by atoms with E-state index in [2.05, 4.69) is 0 Å². The lowest BCUT2D eigenvalue weighted by atomic mass is 10.1. The predicted octanol–water partition coefficient (Wildman–Crippen LogP) is 1.86. The minimum Gasteiger partial charge on any atom is -0.508 e. The number of phenolic OH excluding ortho intramolecular Hbond substituents is 1. The Morgan fingerprint density at radius 3 is 2.43 bits per heavy atom. The van der Waals surface area contributed by atoms with Crippen molar-refractivity contribution >= 4 is 0 Å². The van der Waals surface area contributed by atoms with Gasteiger partial charge in [-0.3, -0.25) is 0 Å². The molecule has 0 fully saturated rings. The van der Waals surface area contributed by atoms with Crippen LogP contribution in [0.15, 0.2) is 24.3 Å². The number of rotatable bonds is 2. The van der Waals surface area contributed by atoms with Gasteiger partial charge in [0, 0.05) is 6.42 Å². The summed E-state index contributed by atoms with van der Waals surface area (Å²) in [4.78, 5) is 0. The summed E-state index contributed by atoms with van der Waals surface area (Å²) in [6.07, 6.45) is -7.55. The maximum Gasteiger partial charge on any atom is 0.414 e. The zero-order valence-corrected chi connectivity index (χ0v) is 7.12. The average Bonchev–Trinajstić information content (AvgIpc) is 2.02. The number of phenols is 1. The number of benzene rings is 1. The van der Waals surface area contributed by atoms with Crippen LogP contribution in [-0.2, 0) is 6.42 Å². The van der Waals surface area contributed by atoms with E-state index in [0.29, 0.717) is 0 Å². The third-order valence-electron chi connectivity index (χ3n) is 1.72. The van der Waals surface area contributed by atoms with Crippen molar-refractivity contribution in [2.75, 3.05) is 0 Å². The number of halogens is 3. The van der Waals surface area contributed by atoms with Crippen LogP contribution in [-0.4, -0.2) is 22.5 Å². The van der Waals surface area contributed by atoms with Crippen LogP contribution in [0.5, 0.6) is 5.75 Å². The molecule has 1 unspecified atom stereocenters. The molecule has 1 rings (SSSR count). The van der Waals surface area contributed by atoms with Crippen molar-refractivity contribution in [2.45, 2.75) is 18.7 Å². The summed E-state index contributed by atoms with van der Waals surface area (Å²) in [6, 6.07) is 5.38. The van der Waals surface area contributed by atoms with Gasteiger partial charge >= 0.3 is 6.18 Å². The van der Waals surface area contributed by atoms with Gasteiger partial charge in [0.25, 0.3) is 0 Å². The molecular weight excluding hydrogens is 197 g/mol. The quantitative estimate of drug-likeness (QED) is 0.775. The van der Waals surface area contributed by atoms with E-state index >= 15 is 0 Å². The van der Waals surface area contributed by atoms with Crippen LogP contribution in [0.1, 0.15) is 5.56 Å². The number of hydrogen-bond donors (Lipinski definition) is 2. The largest absolute Gasteiger partial charge is 0.508 e. The van der Waals surface area contributed by atoms with Gasteiger partial charge in [0.2, 0.25) is 0 Å². The fourth-order valence-electron chi connectivity index (χ4n) is 1.02. The maximum atomic E-state index is 11.9. The molecule has 0 amide bonds. The van der Waals surface area contributed by atoms with E-state index in [0.717, 1.165) is 0 Å². The lowest BCUT2D eigenvalue weighted by molar-refractivity contribution is -0.203. The summed E-state index contributed by atoms with van der Waals surface area (Å²) in [5.74, 6) is -0.114. The molecule has 5 heteroatoms. The van der Waals surface area contributed by atoms with Gasteiger partial charge in [-0.15, -0.1) is 0 Å². The Morgan fingerprint density at radius 2 is 1.93 bits per heavy atom.